The molecule has 2 amide bonds. The van der Waals surface area contributed by atoms with Crippen LogP contribution in [0.3, 0.4) is 0 Å². The Morgan fingerprint density at radius 1 is 1.06 bits per heavy atom. The number of aryl methyl sites for hydroxylation is 2. The molecular formula is C24H23F3N4O4. The highest BCUT2D eigenvalue weighted by Gasteiger charge is 2.31. The molecule has 8 nitrogen and oxygen atoms in total. The molecule has 0 aliphatic heterocycles. The summed E-state index contributed by atoms with van der Waals surface area (Å²) in [5.74, 6) is -2.16. The Morgan fingerprint density at radius 2 is 1.77 bits per heavy atom. The molecule has 184 valence electrons. The number of carbonyl (C=O) groups is 3. The van der Waals surface area contributed by atoms with Crippen LogP contribution in [0.15, 0.2) is 42.5 Å². The number of benzene rings is 2. The maximum Gasteiger partial charge on any atom is 0.416 e. The molecular weight excluding hydrogens is 465 g/mol. The Bertz CT molecular complexity index is 1300. The van der Waals surface area contributed by atoms with Crippen molar-refractivity contribution in [2.45, 2.75) is 26.9 Å². The quantitative estimate of drug-likeness (QED) is 0.390. The Hall–Kier alpha value is -4.15. The van der Waals surface area contributed by atoms with Crippen LogP contribution in [-0.2, 0) is 15.8 Å². The van der Waals surface area contributed by atoms with Crippen molar-refractivity contribution < 1.29 is 32.3 Å². The smallest absolute Gasteiger partial charge is 0.416 e. The second-order valence-electron chi connectivity index (χ2n) is 7.77. The summed E-state index contributed by atoms with van der Waals surface area (Å²) < 4.78 is 45.6. The lowest BCUT2D eigenvalue weighted by Gasteiger charge is -2.11. The topological polar surface area (TPSA) is 102 Å². The molecule has 0 aliphatic rings. The summed E-state index contributed by atoms with van der Waals surface area (Å²) in [7, 11) is 1.45. The van der Waals surface area contributed by atoms with E-state index >= 15 is 0 Å². The highest BCUT2D eigenvalue weighted by Crippen LogP contribution is 2.31. The third-order valence-electron chi connectivity index (χ3n) is 5.18. The molecule has 0 saturated carbocycles. The van der Waals surface area contributed by atoms with Crippen molar-refractivity contribution in [2.24, 2.45) is 0 Å². The average molecular weight is 488 g/mol. The number of nitrogens with one attached hydrogen (secondary N) is 2. The number of ether oxygens (including phenoxy) is 1. The van der Waals surface area contributed by atoms with E-state index in [1.807, 2.05) is 6.92 Å². The van der Waals surface area contributed by atoms with E-state index in [4.69, 9.17) is 4.74 Å². The molecule has 0 saturated heterocycles. The number of rotatable bonds is 7. The van der Waals surface area contributed by atoms with Crippen molar-refractivity contribution in [3.8, 4) is 11.4 Å². The Kier molecular flexibility index (Phi) is 7.28. The summed E-state index contributed by atoms with van der Waals surface area (Å²) in [5, 5.41) is 9.00. The maximum absolute atomic E-state index is 13.1. The van der Waals surface area contributed by atoms with Crippen LogP contribution in [0.1, 0.15) is 32.9 Å². The largest absolute Gasteiger partial charge is 0.495 e. The highest BCUT2D eigenvalue weighted by atomic mass is 19.4. The minimum Gasteiger partial charge on any atom is -0.495 e. The van der Waals surface area contributed by atoms with Crippen LogP contribution in [0.5, 0.6) is 5.75 Å². The van der Waals surface area contributed by atoms with Gasteiger partial charge in [-0.2, -0.15) is 18.3 Å². The molecule has 0 radical (unpaired) electrons. The van der Waals surface area contributed by atoms with Crippen LogP contribution < -0.4 is 15.4 Å². The summed E-state index contributed by atoms with van der Waals surface area (Å²) >= 11 is 0. The van der Waals surface area contributed by atoms with Gasteiger partial charge in [0.05, 0.1) is 47.5 Å². The second kappa shape index (κ2) is 10.00. The number of alkyl halides is 3. The SMILES string of the molecule is COc1ccc(C)cc1NC(=O)CNC(=O)C(=O)c1c(C)nn(-c2cccc(C(F)(F)F)c2)c1C. The minimum atomic E-state index is -4.55. The zero-order valence-electron chi connectivity index (χ0n) is 19.4. The standard InChI is InChI=1S/C24H23F3N4O4/c1-13-8-9-19(35-4)18(10-13)29-20(32)12-28-23(34)22(33)21-14(2)30-31(15(21)3)17-7-5-6-16(11-17)24(25,26)27/h5-11H,12H2,1-4H3,(H,28,34)(H,29,32). The second-order valence-corrected chi connectivity index (χ2v) is 7.77. The molecule has 0 fully saturated rings. The third kappa shape index (κ3) is 5.68. The van der Waals surface area contributed by atoms with E-state index in [0.29, 0.717) is 11.4 Å². The summed E-state index contributed by atoms with van der Waals surface area (Å²) in [6.45, 7) is 4.28. The lowest BCUT2D eigenvalue weighted by Crippen LogP contribution is -2.37. The van der Waals surface area contributed by atoms with Gasteiger partial charge in [0.1, 0.15) is 5.75 Å². The molecule has 35 heavy (non-hydrogen) atoms. The van der Waals surface area contributed by atoms with Crippen LogP contribution in [0.2, 0.25) is 0 Å². The van der Waals surface area contributed by atoms with Crippen molar-refractivity contribution in [1.29, 1.82) is 0 Å². The van der Waals surface area contributed by atoms with Gasteiger partial charge in [0, 0.05) is 0 Å². The van der Waals surface area contributed by atoms with Gasteiger partial charge in [-0.3, -0.25) is 14.4 Å². The summed E-state index contributed by atoms with van der Waals surface area (Å²) in [4.78, 5) is 37.5. The molecule has 11 heteroatoms. The normalized spacial score (nSPS) is 11.2. The van der Waals surface area contributed by atoms with Gasteiger partial charge in [-0.25, -0.2) is 4.68 Å². The number of nitrogens with zero attached hydrogens (tertiary/aromatic N) is 2. The van der Waals surface area contributed by atoms with Crippen molar-refractivity contribution in [1.82, 2.24) is 15.1 Å². The zero-order valence-corrected chi connectivity index (χ0v) is 19.4. The van der Waals surface area contributed by atoms with E-state index in [9.17, 15) is 27.6 Å². The van der Waals surface area contributed by atoms with Gasteiger partial charge >= 0.3 is 6.18 Å². The molecule has 0 unspecified atom stereocenters. The van der Waals surface area contributed by atoms with Crippen molar-refractivity contribution in [3.63, 3.8) is 0 Å². The molecule has 3 rings (SSSR count). The van der Waals surface area contributed by atoms with Crippen molar-refractivity contribution in [3.05, 3.63) is 70.5 Å². The Balaban J connectivity index is 1.73. The summed E-state index contributed by atoms with van der Waals surface area (Å²) in [6.07, 6.45) is -4.55. The number of Topliss-reactive ketones (excluding diaryl/α,β-unsaturated/α-hetero) is 1. The van der Waals surface area contributed by atoms with Crippen molar-refractivity contribution in [2.75, 3.05) is 19.0 Å². The first-order chi connectivity index (χ1) is 16.4. The molecule has 2 aromatic carbocycles. The van der Waals surface area contributed by atoms with Gasteiger partial charge in [-0.15, -0.1) is 0 Å². The predicted molar refractivity (Wildman–Crippen MR) is 122 cm³/mol. The highest BCUT2D eigenvalue weighted by molar-refractivity contribution is 6.43. The molecule has 1 aromatic heterocycles. The maximum atomic E-state index is 13.1. The lowest BCUT2D eigenvalue weighted by atomic mass is 10.1. The molecule has 2 N–H and O–H groups in total. The van der Waals surface area contributed by atoms with E-state index in [-0.39, 0.29) is 22.6 Å². The van der Waals surface area contributed by atoms with Crippen LogP contribution in [0, 0.1) is 20.8 Å². The van der Waals surface area contributed by atoms with Crippen LogP contribution in [0.4, 0.5) is 18.9 Å². The van der Waals surface area contributed by atoms with Gasteiger partial charge in [-0.05, 0) is 56.7 Å². The number of carbonyl (C=O) groups excluding carboxylic acids is 3. The van der Waals surface area contributed by atoms with Gasteiger partial charge in [0.2, 0.25) is 5.91 Å². The van der Waals surface area contributed by atoms with E-state index in [1.165, 1.54) is 37.8 Å². The number of ketones is 1. The Morgan fingerprint density at radius 3 is 2.43 bits per heavy atom. The fourth-order valence-corrected chi connectivity index (χ4v) is 3.50. The monoisotopic (exact) mass is 488 g/mol. The molecule has 1 heterocycles. The zero-order chi connectivity index (χ0) is 25.9. The summed E-state index contributed by atoms with van der Waals surface area (Å²) in [5.41, 5.74) is 0.803. The number of methoxy groups -OCH3 is 1. The molecule has 0 aliphatic carbocycles. The molecule has 3 aromatic rings. The number of anilines is 1. The first kappa shape index (κ1) is 25.5. The van der Waals surface area contributed by atoms with E-state index in [2.05, 4.69) is 15.7 Å². The predicted octanol–water partition coefficient (Wildman–Crippen LogP) is 3.76. The first-order valence-electron chi connectivity index (χ1n) is 10.4. The van der Waals surface area contributed by atoms with Gasteiger partial charge < -0.3 is 15.4 Å². The van der Waals surface area contributed by atoms with Crippen molar-refractivity contribution >= 4 is 23.3 Å². The lowest BCUT2D eigenvalue weighted by molar-refractivity contribution is -0.137. The van der Waals surface area contributed by atoms with E-state index in [0.717, 1.165) is 17.7 Å². The fourth-order valence-electron chi connectivity index (χ4n) is 3.50. The number of halogens is 3. The van der Waals surface area contributed by atoms with Crippen LogP contribution in [0.25, 0.3) is 5.69 Å². The fraction of sp³-hybridized carbons (Fsp3) is 0.250. The number of amides is 2. The molecule has 0 bridgehead atoms. The van der Waals surface area contributed by atoms with Crippen LogP contribution >= 0.6 is 0 Å². The van der Waals surface area contributed by atoms with E-state index < -0.39 is 35.9 Å². The Labute approximate surface area is 199 Å². The number of hydrogen-bond acceptors (Lipinski definition) is 5. The third-order valence-corrected chi connectivity index (χ3v) is 5.18. The average Bonchev–Trinajstić information content (AvgIpc) is 3.10. The minimum absolute atomic E-state index is 0.0549. The number of hydrogen-bond donors (Lipinski definition) is 2. The summed E-state index contributed by atoms with van der Waals surface area (Å²) in [6, 6.07) is 9.64. The molecule has 0 spiro atoms. The van der Waals surface area contributed by atoms with Gasteiger partial charge in [-0.1, -0.05) is 12.1 Å². The first-order valence-corrected chi connectivity index (χ1v) is 10.4. The molecule has 0 atom stereocenters. The van der Waals surface area contributed by atoms with Gasteiger partial charge in [0.15, 0.2) is 0 Å². The van der Waals surface area contributed by atoms with Crippen LogP contribution in [-0.4, -0.2) is 41.0 Å². The number of aromatic nitrogens is 2. The van der Waals surface area contributed by atoms with E-state index in [1.54, 1.807) is 18.2 Å². The van der Waals surface area contributed by atoms with Gasteiger partial charge in [0.25, 0.3) is 11.7 Å².